The van der Waals surface area contributed by atoms with Gasteiger partial charge in [0, 0.05) is 16.6 Å². The lowest BCUT2D eigenvalue weighted by Crippen LogP contribution is -2.23. The molecule has 0 aliphatic carbocycles. The summed E-state index contributed by atoms with van der Waals surface area (Å²) in [6.07, 6.45) is 0. The van der Waals surface area contributed by atoms with Crippen molar-refractivity contribution in [3.8, 4) is 0 Å². The van der Waals surface area contributed by atoms with Crippen LogP contribution in [0.5, 0.6) is 0 Å². The molecule has 0 aliphatic heterocycles. The fourth-order valence-electron chi connectivity index (χ4n) is 1.04. The van der Waals surface area contributed by atoms with E-state index in [0.29, 0.717) is 16.6 Å². The van der Waals surface area contributed by atoms with Crippen molar-refractivity contribution in [1.29, 1.82) is 0 Å². The maximum atomic E-state index is 13.3. The van der Waals surface area contributed by atoms with Gasteiger partial charge in [0.15, 0.2) is 0 Å². The van der Waals surface area contributed by atoms with Crippen molar-refractivity contribution in [2.75, 3.05) is 13.7 Å². The molecule has 0 unspecified atom stereocenters. The minimum absolute atomic E-state index is 0.0754. The van der Waals surface area contributed by atoms with Gasteiger partial charge in [0.2, 0.25) is 0 Å². The van der Waals surface area contributed by atoms with Crippen LogP contribution in [0.25, 0.3) is 0 Å². The van der Waals surface area contributed by atoms with E-state index in [-0.39, 0.29) is 18.3 Å². The van der Waals surface area contributed by atoms with Gasteiger partial charge in [0.25, 0.3) is 0 Å². The molecule has 0 saturated heterocycles. The van der Waals surface area contributed by atoms with Crippen LogP contribution in [0.3, 0.4) is 0 Å². The Morgan fingerprint density at radius 3 is 2.93 bits per heavy atom. The van der Waals surface area contributed by atoms with Crippen LogP contribution in [0.2, 0.25) is 0 Å². The van der Waals surface area contributed by atoms with Gasteiger partial charge < -0.3 is 10.1 Å². The predicted octanol–water partition coefficient (Wildman–Crippen LogP) is 1.85. The van der Waals surface area contributed by atoms with E-state index in [2.05, 4.69) is 26.0 Å². The first kappa shape index (κ1) is 12.1. The van der Waals surface area contributed by atoms with Crippen LogP contribution < -0.4 is 5.32 Å². The Morgan fingerprint density at radius 2 is 2.33 bits per heavy atom. The summed E-state index contributed by atoms with van der Waals surface area (Å²) in [6.45, 7) is 0.375. The number of rotatable bonds is 4. The van der Waals surface area contributed by atoms with Gasteiger partial charge in [-0.1, -0.05) is 22.0 Å². The first-order chi connectivity index (χ1) is 7.13. The second-order valence-electron chi connectivity index (χ2n) is 2.92. The number of hydrogen-bond donors (Lipinski definition) is 1. The number of ether oxygens (including phenoxy) is 1. The fraction of sp³-hybridized carbons (Fsp3) is 0.300. The first-order valence-corrected chi connectivity index (χ1v) is 5.14. The summed E-state index contributed by atoms with van der Waals surface area (Å²) in [4.78, 5) is 10.8. The van der Waals surface area contributed by atoms with Crippen LogP contribution >= 0.6 is 15.9 Å². The summed E-state index contributed by atoms with van der Waals surface area (Å²) < 4.78 is 18.4. The Balaban J connectivity index is 2.47. The van der Waals surface area contributed by atoms with Gasteiger partial charge in [0.1, 0.15) is 5.82 Å². The highest BCUT2D eigenvalue weighted by atomic mass is 79.9. The highest BCUT2D eigenvalue weighted by Crippen LogP contribution is 2.14. The highest BCUT2D eigenvalue weighted by molar-refractivity contribution is 9.10. The molecule has 5 heteroatoms. The third kappa shape index (κ3) is 3.97. The number of halogens is 2. The molecule has 0 amide bonds. The SMILES string of the molecule is COC(=O)CNCc1ccc(Br)cc1F. The van der Waals surface area contributed by atoms with Crippen LogP contribution in [0, 0.1) is 5.82 Å². The minimum Gasteiger partial charge on any atom is -0.468 e. The van der Waals surface area contributed by atoms with E-state index in [1.807, 2.05) is 0 Å². The molecule has 0 bridgehead atoms. The predicted molar refractivity (Wildman–Crippen MR) is 57.8 cm³/mol. The standard InChI is InChI=1S/C10H11BrFNO2/c1-15-10(14)6-13-5-7-2-3-8(11)4-9(7)12/h2-4,13H,5-6H2,1H3. The molecule has 0 atom stereocenters. The lowest BCUT2D eigenvalue weighted by atomic mass is 10.2. The van der Waals surface area contributed by atoms with E-state index in [4.69, 9.17) is 0 Å². The van der Waals surface area contributed by atoms with E-state index in [1.54, 1.807) is 12.1 Å². The van der Waals surface area contributed by atoms with Gasteiger partial charge in [-0.3, -0.25) is 4.79 Å². The van der Waals surface area contributed by atoms with Crippen molar-refractivity contribution < 1.29 is 13.9 Å². The molecule has 15 heavy (non-hydrogen) atoms. The maximum absolute atomic E-state index is 13.3. The summed E-state index contributed by atoms with van der Waals surface area (Å²) >= 11 is 3.16. The lowest BCUT2D eigenvalue weighted by Gasteiger charge is -2.05. The Bertz CT molecular complexity index is 357. The van der Waals surface area contributed by atoms with Crippen molar-refractivity contribution in [3.63, 3.8) is 0 Å². The van der Waals surface area contributed by atoms with Gasteiger partial charge >= 0.3 is 5.97 Å². The monoisotopic (exact) mass is 275 g/mol. The maximum Gasteiger partial charge on any atom is 0.319 e. The Morgan fingerprint density at radius 1 is 1.60 bits per heavy atom. The van der Waals surface area contributed by atoms with Gasteiger partial charge in [-0.05, 0) is 12.1 Å². The lowest BCUT2D eigenvalue weighted by molar-refractivity contribution is -0.139. The third-order valence-corrected chi connectivity index (χ3v) is 2.32. The molecular formula is C10H11BrFNO2. The topological polar surface area (TPSA) is 38.3 Å². The molecule has 0 fully saturated rings. The zero-order valence-corrected chi connectivity index (χ0v) is 9.80. The molecule has 0 aliphatic rings. The van der Waals surface area contributed by atoms with Crippen LogP contribution in [-0.4, -0.2) is 19.6 Å². The molecule has 1 aromatic rings. The number of methoxy groups -OCH3 is 1. The van der Waals surface area contributed by atoms with E-state index < -0.39 is 0 Å². The summed E-state index contributed by atoms with van der Waals surface area (Å²) in [7, 11) is 1.31. The zero-order chi connectivity index (χ0) is 11.3. The molecule has 0 radical (unpaired) electrons. The summed E-state index contributed by atoms with van der Waals surface area (Å²) in [6, 6.07) is 4.79. The van der Waals surface area contributed by atoms with Crippen LogP contribution in [0.1, 0.15) is 5.56 Å². The molecule has 0 spiro atoms. The quantitative estimate of drug-likeness (QED) is 0.853. The largest absolute Gasteiger partial charge is 0.468 e. The zero-order valence-electron chi connectivity index (χ0n) is 8.22. The number of esters is 1. The number of carbonyl (C=O) groups is 1. The number of hydrogen-bond acceptors (Lipinski definition) is 3. The van der Waals surface area contributed by atoms with Crippen molar-refractivity contribution >= 4 is 21.9 Å². The van der Waals surface area contributed by atoms with Crippen LogP contribution in [-0.2, 0) is 16.1 Å². The molecule has 1 aromatic carbocycles. The number of benzene rings is 1. The summed E-state index contributed by atoms with van der Waals surface area (Å²) in [5, 5.41) is 2.78. The van der Waals surface area contributed by atoms with Crippen molar-refractivity contribution in [1.82, 2.24) is 5.32 Å². The molecular weight excluding hydrogens is 265 g/mol. The van der Waals surface area contributed by atoms with Crippen molar-refractivity contribution in [2.45, 2.75) is 6.54 Å². The molecule has 3 nitrogen and oxygen atoms in total. The average molecular weight is 276 g/mol. The Hall–Kier alpha value is -0.940. The fourth-order valence-corrected chi connectivity index (χ4v) is 1.37. The first-order valence-electron chi connectivity index (χ1n) is 4.35. The molecule has 1 rings (SSSR count). The molecule has 1 N–H and O–H groups in total. The van der Waals surface area contributed by atoms with E-state index >= 15 is 0 Å². The summed E-state index contributed by atoms with van der Waals surface area (Å²) in [5.41, 5.74) is 0.516. The number of carbonyl (C=O) groups excluding carboxylic acids is 1. The van der Waals surface area contributed by atoms with Gasteiger partial charge in [-0.15, -0.1) is 0 Å². The van der Waals surface area contributed by atoms with Crippen LogP contribution in [0.4, 0.5) is 4.39 Å². The van der Waals surface area contributed by atoms with E-state index in [0.717, 1.165) is 0 Å². The van der Waals surface area contributed by atoms with E-state index in [1.165, 1.54) is 13.2 Å². The Kier molecular flexibility index (Phi) is 4.71. The van der Waals surface area contributed by atoms with Crippen molar-refractivity contribution in [3.05, 3.63) is 34.1 Å². The average Bonchev–Trinajstić information content (AvgIpc) is 2.21. The highest BCUT2D eigenvalue weighted by Gasteiger charge is 2.03. The molecule has 0 heterocycles. The molecule has 0 saturated carbocycles. The normalized spacial score (nSPS) is 10.1. The Labute approximate surface area is 95.7 Å². The van der Waals surface area contributed by atoms with Gasteiger partial charge in [-0.25, -0.2) is 4.39 Å². The second kappa shape index (κ2) is 5.82. The van der Waals surface area contributed by atoms with E-state index in [9.17, 15) is 9.18 Å². The second-order valence-corrected chi connectivity index (χ2v) is 3.83. The molecule has 82 valence electrons. The van der Waals surface area contributed by atoms with Crippen LogP contribution in [0.15, 0.2) is 22.7 Å². The minimum atomic E-state index is -0.368. The molecule has 0 aromatic heterocycles. The number of nitrogens with one attached hydrogen (secondary N) is 1. The van der Waals surface area contributed by atoms with Gasteiger partial charge in [0.05, 0.1) is 13.7 Å². The smallest absolute Gasteiger partial charge is 0.319 e. The third-order valence-electron chi connectivity index (χ3n) is 1.83. The van der Waals surface area contributed by atoms with Gasteiger partial charge in [-0.2, -0.15) is 0 Å². The van der Waals surface area contributed by atoms with Crippen molar-refractivity contribution in [2.24, 2.45) is 0 Å². The summed E-state index contributed by atoms with van der Waals surface area (Å²) in [5.74, 6) is -0.672.